The Labute approximate surface area is 120 Å². The lowest BCUT2D eigenvalue weighted by Gasteiger charge is -2.13. The van der Waals surface area contributed by atoms with E-state index in [4.69, 9.17) is 0 Å². The van der Waals surface area contributed by atoms with Crippen LogP contribution in [0.1, 0.15) is 17.7 Å². The van der Waals surface area contributed by atoms with Crippen molar-refractivity contribution >= 4 is 11.9 Å². The van der Waals surface area contributed by atoms with Crippen molar-refractivity contribution in [1.82, 2.24) is 9.97 Å². The number of nitrogens with zero attached hydrogens (tertiary/aromatic N) is 2. The zero-order valence-corrected chi connectivity index (χ0v) is 11.6. The smallest absolute Gasteiger partial charge is 0.232 e. The van der Waals surface area contributed by atoms with Crippen molar-refractivity contribution < 1.29 is 13.6 Å². The second-order valence-electron chi connectivity index (χ2n) is 5.32. The summed E-state index contributed by atoms with van der Waals surface area (Å²) in [6, 6.07) is 3.77. The Bertz CT molecular complexity index is 683. The van der Waals surface area contributed by atoms with Crippen LogP contribution in [0.4, 0.5) is 14.7 Å². The van der Waals surface area contributed by atoms with Crippen LogP contribution in [0.3, 0.4) is 0 Å². The Morgan fingerprint density at radius 1 is 1.38 bits per heavy atom. The lowest BCUT2D eigenvalue weighted by molar-refractivity contribution is -0.120. The number of H-pyrrole nitrogens is 1. The summed E-state index contributed by atoms with van der Waals surface area (Å²) >= 11 is 0. The molecule has 1 aliphatic heterocycles. The Morgan fingerprint density at radius 3 is 2.86 bits per heavy atom. The predicted molar refractivity (Wildman–Crippen MR) is 73.8 cm³/mol. The molecule has 4 nitrogen and oxygen atoms in total. The van der Waals surface area contributed by atoms with E-state index in [2.05, 4.69) is 9.97 Å². The molecule has 1 fully saturated rings. The first-order chi connectivity index (χ1) is 10.0. The van der Waals surface area contributed by atoms with Crippen molar-refractivity contribution in [3.8, 4) is 0 Å². The number of carbonyl (C=O) groups is 1. The van der Waals surface area contributed by atoms with Gasteiger partial charge in [-0.2, -0.15) is 0 Å². The van der Waals surface area contributed by atoms with E-state index in [0.29, 0.717) is 30.9 Å². The average Bonchev–Trinajstić information content (AvgIpc) is 3.01. The fourth-order valence-corrected chi connectivity index (χ4v) is 2.63. The third-order valence-electron chi connectivity index (χ3n) is 3.73. The zero-order valence-electron chi connectivity index (χ0n) is 11.6. The fourth-order valence-electron chi connectivity index (χ4n) is 2.63. The molecular formula is C15H15F2N3O. The summed E-state index contributed by atoms with van der Waals surface area (Å²) in [6.45, 7) is 2.45. The molecule has 3 rings (SSSR count). The number of nitrogens with one attached hydrogen (secondary N) is 1. The normalized spacial score (nSPS) is 18.5. The molecule has 1 aromatic carbocycles. The third-order valence-corrected chi connectivity index (χ3v) is 3.73. The first kappa shape index (κ1) is 13.7. The maximum atomic E-state index is 13.2. The monoisotopic (exact) mass is 291 g/mol. The van der Waals surface area contributed by atoms with Crippen molar-refractivity contribution in [2.75, 3.05) is 11.4 Å². The van der Waals surface area contributed by atoms with E-state index in [0.717, 1.165) is 17.8 Å². The van der Waals surface area contributed by atoms with Gasteiger partial charge in [-0.25, -0.2) is 13.8 Å². The Kier molecular flexibility index (Phi) is 3.45. The number of aromatic amines is 1. The highest BCUT2D eigenvalue weighted by molar-refractivity contribution is 5.95. The van der Waals surface area contributed by atoms with Crippen LogP contribution in [0, 0.1) is 24.5 Å². The number of anilines is 1. The number of hydrogen-bond donors (Lipinski definition) is 1. The third kappa shape index (κ3) is 2.66. The van der Waals surface area contributed by atoms with Crippen molar-refractivity contribution in [2.45, 2.75) is 19.8 Å². The number of aromatic nitrogens is 2. The van der Waals surface area contributed by atoms with Crippen molar-refractivity contribution in [3.05, 3.63) is 47.3 Å². The molecule has 0 saturated carbocycles. The summed E-state index contributed by atoms with van der Waals surface area (Å²) in [7, 11) is 0. The number of aryl methyl sites for hydroxylation is 1. The van der Waals surface area contributed by atoms with E-state index >= 15 is 0 Å². The number of halogens is 2. The first-order valence-corrected chi connectivity index (χ1v) is 6.81. The van der Waals surface area contributed by atoms with Crippen LogP contribution in [-0.2, 0) is 11.2 Å². The van der Waals surface area contributed by atoms with Gasteiger partial charge in [-0.3, -0.25) is 9.69 Å². The quantitative estimate of drug-likeness (QED) is 0.945. The molecule has 1 atom stereocenters. The molecule has 2 aromatic rings. The largest absolute Gasteiger partial charge is 0.328 e. The number of hydrogen-bond acceptors (Lipinski definition) is 2. The molecule has 0 bridgehead atoms. The van der Waals surface area contributed by atoms with Crippen molar-refractivity contribution in [2.24, 2.45) is 5.92 Å². The number of imidazole rings is 1. The van der Waals surface area contributed by atoms with E-state index in [1.54, 1.807) is 11.1 Å². The topological polar surface area (TPSA) is 49.0 Å². The summed E-state index contributed by atoms with van der Waals surface area (Å²) in [5.41, 5.74) is 1.52. The molecule has 2 heterocycles. The summed E-state index contributed by atoms with van der Waals surface area (Å²) in [5.74, 6) is -1.46. The van der Waals surface area contributed by atoms with Gasteiger partial charge >= 0.3 is 0 Å². The second-order valence-corrected chi connectivity index (χ2v) is 5.32. The second kappa shape index (κ2) is 5.27. The summed E-state index contributed by atoms with van der Waals surface area (Å²) in [5, 5.41) is 0. The highest BCUT2D eigenvalue weighted by atomic mass is 19.2. The Morgan fingerprint density at radius 2 is 2.19 bits per heavy atom. The fraction of sp³-hybridized carbons (Fsp3) is 0.333. The van der Waals surface area contributed by atoms with Gasteiger partial charge in [0.2, 0.25) is 11.9 Å². The average molecular weight is 291 g/mol. The predicted octanol–water partition coefficient (Wildman–Crippen LogP) is 2.59. The molecule has 1 aliphatic rings. The standard InChI is InChI=1S/C15H15F2N3O/c1-9-8-18-15(19-9)20-5-4-11(14(20)21)6-10-2-3-12(16)13(17)7-10/h2-3,7-8,11H,4-6H2,1H3,(H,18,19). The zero-order chi connectivity index (χ0) is 15.0. The minimum Gasteiger partial charge on any atom is -0.328 e. The molecule has 21 heavy (non-hydrogen) atoms. The maximum absolute atomic E-state index is 13.2. The van der Waals surface area contributed by atoms with Crippen LogP contribution in [0.5, 0.6) is 0 Å². The molecule has 1 amide bonds. The van der Waals surface area contributed by atoms with E-state index in [1.165, 1.54) is 6.07 Å². The van der Waals surface area contributed by atoms with Gasteiger partial charge in [0.05, 0.1) is 0 Å². The molecule has 1 N–H and O–H groups in total. The van der Waals surface area contributed by atoms with Crippen molar-refractivity contribution in [3.63, 3.8) is 0 Å². The van der Waals surface area contributed by atoms with Gasteiger partial charge in [-0.05, 0) is 37.5 Å². The van der Waals surface area contributed by atoms with Crippen LogP contribution >= 0.6 is 0 Å². The van der Waals surface area contributed by atoms with Gasteiger partial charge in [-0.1, -0.05) is 6.07 Å². The van der Waals surface area contributed by atoms with Crippen LogP contribution in [0.25, 0.3) is 0 Å². The van der Waals surface area contributed by atoms with Crippen LogP contribution in [0.15, 0.2) is 24.4 Å². The van der Waals surface area contributed by atoms with Crippen LogP contribution in [-0.4, -0.2) is 22.4 Å². The minimum absolute atomic E-state index is 0.0333. The lowest BCUT2D eigenvalue weighted by atomic mass is 9.98. The molecule has 1 saturated heterocycles. The molecular weight excluding hydrogens is 276 g/mol. The Balaban J connectivity index is 1.73. The lowest BCUT2D eigenvalue weighted by Crippen LogP contribution is -2.28. The van der Waals surface area contributed by atoms with E-state index in [-0.39, 0.29) is 11.8 Å². The molecule has 0 spiro atoms. The number of carbonyl (C=O) groups excluding carboxylic acids is 1. The highest BCUT2D eigenvalue weighted by Crippen LogP contribution is 2.26. The van der Waals surface area contributed by atoms with E-state index in [9.17, 15) is 13.6 Å². The minimum atomic E-state index is -0.878. The first-order valence-electron chi connectivity index (χ1n) is 6.81. The van der Waals surface area contributed by atoms with Gasteiger partial charge in [0.25, 0.3) is 0 Å². The van der Waals surface area contributed by atoms with E-state index in [1.807, 2.05) is 6.92 Å². The van der Waals surface area contributed by atoms with Gasteiger partial charge in [0.15, 0.2) is 11.6 Å². The number of amides is 1. The molecule has 1 unspecified atom stereocenters. The summed E-state index contributed by atoms with van der Waals surface area (Å²) < 4.78 is 26.1. The number of rotatable bonds is 3. The molecule has 0 radical (unpaired) electrons. The summed E-state index contributed by atoms with van der Waals surface area (Å²) in [4.78, 5) is 21.2. The maximum Gasteiger partial charge on any atom is 0.232 e. The van der Waals surface area contributed by atoms with Crippen LogP contribution < -0.4 is 4.90 Å². The molecule has 110 valence electrons. The van der Waals surface area contributed by atoms with Gasteiger partial charge in [0.1, 0.15) is 0 Å². The SMILES string of the molecule is Cc1cnc(N2CCC(Cc3ccc(F)c(F)c3)C2=O)[nH]1. The van der Waals surface area contributed by atoms with Gasteiger partial charge in [-0.15, -0.1) is 0 Å². The number of benzene rings is 1. The Hall–Kier alpha value is -2.24. The van der Waals surface area contributed by atoms with E-state index < -0.39 is 11.6 Å². The van der Waals surface area contributed by atoms with Gasteiger partial charge < -0.3 is 4.98 Å². The molecule has 1 aromatic heterocycles. The van der Waals surface area contributed by atoms with Crippen molar-refractivity contribution in [1.29, 1.82) is 0 Å². The molecule has 0 aliphatic carbocycles. The van der Waals surface area contributed by atoms with Crippen LogP contribution in [0.2, 0.25) is 0 Å². The molecule has 6 heteroatoms. The summed E-state index contributed by atoms with van der Waals surface area (Å²) in [6.07, 6.45) is 2.76. The highest BCUT2D eigenvalue weighted by Gasteiger charge is 2.33. The van der Waals surface area contributed by atoms with Gasteiger partial charge in [0, 0.05) is 24.4 Å².